The average molecular weight is 250 g/mol. The van der Waals surface area contributed by atoms with Gasteiger partial charge >= 0.3 is 0 Å². The fourth-order valence-corrected chi connectivity index (χ4v) is 1.16. The fraction of sp³-hybridized carbons (Fsp3) is 0.400. The lowest BCUT2D eigenvalue weighted by molar-refractivity contribution is 1.12. The van der Waals surface area contributed by atoms with Gasteiger partial charge in [-0.15, -0.1) is 0 Å². The summed E-state index contributed by atoms with van der Waals surface area (Å²) in [7, 11) is 0. The first-order chi connectivity index (χ1) is 5.70. The Kier molecular flexibility index (Phi) is 6.49. The summed E-state index contributed by atoms with van der Waals surface area (Å²) in [6.07, 6.45) is 0. The molecule has 0 saturated heterocycles. The molecule has 1 rings (SSSR count). The average Bonchev–Trinajstić information content (AvgIpc) is 2.09. The van der Waals surface area contributed by atoms with E-state index in [2.05, 4.69) is 22.9 Å². The molecule has 0 fully saturated rings. The number of hydrogen-bond acceptors (Lipinski definition) is 0. The van der Waals surface area contributed by atoms with Crippen LogP contribution in [0.3, 0.4) is 0 Å². The second kappa shape index (κ2) is 6.50. The van der Waals surface area contributed by atoms with E-state index in [4.69, 9.17) is 11.6 Å². The van der Waals surface area contributed by atoms with Crippen LogP contribution in [0.25, 0.3) is 0 Å². The van der Waals surface area contributed by atoms with Gasteiger partial charge in [-0.05, 0) is 24.6 Å². The van der Waals surface area contributed by atoms with Crippen molar-refractivity contribution in [3.8, 4) is 0 Å². The van der Waals surface area contributed by atoms with Crippen LogP contribution in [0.1, 0.15) is 31.2 Å². The van der Waals surface area contributed by atoms with Crippen LogP contribution in [0.5, 0.6) is 0 Å². The molecule has 0 nitrogen and oxygen atoms in total. The summed E-state index contributed by atoms with van der Waals surface area (Å²) in [5, 5.41) is 0.789. The van der Waals surface area contributed by atoms with Crippen molar-refractivity contribution < 1.29 is 0 Å². The molecule has 1 aromatic carbocycles. The van der Waals surface area contributed by atoms with Gasteiger partial charge in [0, 0.05) is 9.85 Å². The van der Waals surface area contributed by atoms with Gasteiger partial charge in [0.15, 0.2) is 0 Å². The summed E-state index contributed by atoms with van der Waals surface area (Å²) in [6, 6.07) is 7.83. The van der Waals surface area contributed by atoms with Gasteiger partial charge in [-0.25, -0.2) is 0 Å². The Bertz CT molecular complexity index is 204. The van der Waals surface area contributed by atoms with E-state index in [1.54, 1.807) is 0 Å². The van der Waals surface area contributed by atoms with E-state index >= 15 is 0 Å². The van der Waals surface area contributed by atoms with Crippen LogP contribution in [0.15, 0.2) is 24.3 Å². The topological polar surface area (TPSA) is 0 Å². The van der Waals surface area contributed by atoms with Crippen molar-refractivity contribution in [1.29, 1.82) is 0 Å². The minimum absolute atomic E-state index is 0.407. The van der Waals surface area contributed by atoms with Crippen LogP contribution in [-0.2, 0) is 0 Å². The highest BCUT2D eigenvalue weighted by Crippen LogP contribution is 2.22. The first kappa shape index (κ1) is 12.0. The third-order valence-corrected chi connectivity index (χ3v) is 2.11. The van der Waals surface area contributed by atoms with Crippen molar-refractivity contribution in [2.45, 2.75) is 25.6 Å². The molecule has 2 heteroatoms. The largest absolute Gasteiger partial charge is 0.0843 e. The van der Waals surface area contributed by atoms with Crippen LogP contribution >= 0.6 is 27.5 Å². The van der Waals surface area contributed by atoms with Crippen LogP contribution in [-0.4, -0.2) is 0 Å². The lowest BCUT2D eigenvalue weighted by atomic mass is 10.2. The Balaban J connectivity index is 0.000000561. The molecule has 0 aliphatic heterocycles. The predicted molar refractivity (Wildman–Crippen MR) is 60.1 cm³/mol. The van der Waals surface area contributed by atoms with E-state index < -0.39 is 0 Å². The maximum Gasteiger partial charge on any atom is 0.0406 e. The molecule has 1 unspecified atom stereocenters. The van der Waals surface area contributed by atoms with Crippen molar-refractivity contribution in [2.24, 2.45) is 0 Å². The molecule has 0 spiro atoms. The van der Waals surface area contributed by atoms with Crippen LogP contribution in [0, 0.1) is 0 Å². The number of hydrogen-bond donors (Lipinski definition) is 0. The molecule has 12 heavy (non-hydrogen) atoms. The molecule has 1 aromatic rings. The second-order valence-electron chi connectivity index (χ2n) is 2.17. The third kappa shape index (κ3) is 4.13. The lowest BCUT2D eigenvalue weighted by Crippen LogP contribution is -1.80. The number of halogens is 2. The van der Waals surface area contributed by atoms with Gasteiger partial charge < -0.3 is 0 Å². The molecule has 0 aliphatic carbocycles. The summed E-state index contributed by atoms with van der Waals surface area (Å²) in [4.78, 5) is 0.407. The zero-order valence-corrected chi connectivity index (χ0v) is 9.98. The van der Waals surface area contributed by atoms with Crippen molar-refractivity contribution in [3.05, 3.63) is 34.9 Å². The first-order valence-corrected chi connectivity index (χ1v) is 5.39. The summed E-state index contributed by atoms with van der Waals surface area (Å²) < 4.78 is 0. The number of rotatable bonds is 1. The quantitative estimate of drug-likeness (QED) is 0.626. The van der Waals surface area contributed by atoms with Gasteiger partial charge in [-0.3, -0.25) is 0 Å². The Labute approximate surface area is 88.1 Å². The Morgan fingerprint density at radius 1 is 1.17 bits per heavy atom. The molecule has 0 aliphatic rings. The van der Waals surface area contributed by atoms with E-state index in [1.807, 2.05) is 38.1 Å². The smallest absolute Gasteiger partial charge is 0.0406 e. The molecule has 0 bridgehead atoms. The minimum atomic E-state index is 0.407. The molecular formula is C10H14BrCl. The molecule has 0 N–H and O–H groups in total. The van der Waals surface area contributed by atoms with Crippen molar-refractivity contribution in [3.63, 3.8) is 0 Å². The van der Waals surface area contributed by atoms with Crippen molar-refractivity contribution >= 4 is 27.5 Å². The standard InChI is InChI=1S/C8H8BrCl.C2H6/c1-6(9)7-2-4-8(10)5-3-7;1-2/h2-6H,1H3;1-2H3. The maximum absolute atomic E-state index is 5.70. The van der Waals surface area contributed by atoms with Crippen LogP contribution in [0.4, 0.5) is 0 Å². The Hall–Kier alpha value is -0.0100. The Morgan fingerprint density at radius 2 is 1.58 bits per heavy atom. The normalized spacial score (nSPS) is 11.4. The molecule has 0 aromatic heterocycles. The highest BCUT2D eigenvalue weighted by atomic mass is 79.9. The minimum Gasteiger partial charge on any atom is -0.0843 e. The van der Waals surface area contributed by atoms with E-state index in [1.165, 1.54) is 5.56 Å². The summed E-state index contributed by atoms with van der Waals surface area (Å²) in [5.74, 6) is 0. The second-order valence-corrected chi connectivity index (χ2v) is 3.98. The maximum atomic E-state index is 5.70. The Morgan fingerprint density at radius 3 is 1.92 bits per heavy atom. The summed E-state index contributed by atoms with van der Waals surface area (Å²) in [5.41, 5.74) is 1.25. The van der Waals surface area contributed by atoms with Gasteiger partial charge in [0.2, 0.25) is 0 Å². The van der Waals surface area contributed by atoms with E-state index in [0.29, 0.717) is 4.83 Å². The van der Waals surface area contributed by atoms with E-state index in [9.17, 15) is 0 Å². The molecular weight excluding hydrogens is 235 g/mol. The SMILES string of the molecule is CC.CC(Br)c1ccc(Cl)cc1. The highest BCUT2D eigenvalue weighted by Gasteiger charge is 1.97. The fourth-order valence-electron chi connectivity index (χ4n) is 0.728. The first-order valence-electron chi connectivity index (χ1n) is 4.09. The van der Waals surface area contributed by atoms with Crippen LogP contribution in [0.2, 0.25) is 5.02 Å². The van der Waals surface area contributed by atoms with Crippen molar-refractivity contribution in [2.75, 3.05) is 0 Å². The molecule has 0 saturated carbocycles. The predicted octanol–water partition coefficient (Wildman–Crippen LogP) is 4.82. The van der Waals surface area contributed by atoms with Gasteiger partial charge in [-0.1, -0.05) is 53.5 Å². The number of alkyl halides is 1. The summed E-state index contributed by atoms with van der Waals surface area (Å²) >= 11 is 9.16. The molecule has 0 radical (unpaired) electrons. The zero-order chi connectivity index (χ0) is 9.56. The lowest BCUT2D eigenvalue weighted by Gasteiger charge is -2.01. The van der Waals surface area contributed by atoms with Gasteiger partial charge in [0.25, 0.3) is 0 Å². The van der Waals surface area contributed by atoms with Gasteiger partial charge in [0.1, 0.15) is 0 Å². The molecule has 0 heterocycles. The van der Waals surface area contributed by atoms with Crippen LogP contribution < -0.4 is 0 Å². The van der Waals surface area contributed by atoms with Gasteiger partial charge in [0.05, 0.1) is 0 Å². The van der Waals surface area contributed by atoms with E-state index in [-0.39, 0.29) is 0 Å². The molecule has 1 atom stereocenters. The third-order valence-electron chi connectivity index (χ3n) is 1.33. The number of benzene rings is 1. The molecule has 68 valence electrons. The molecule has 0 amide bonds. The highest BCUT2D eigenvalue weighted by molar-refractivity contribution is 9.09. The zero-order valence-electron chi connectivity index (χ0n) is 7.64. The van der Waals surface area contributed by atoms with Crippen molar-refractivity contribution in [1.82, 2.24) is 0 Å². The van der Waals surface area contributed by atoms with E-state index in [0.717, 1.165) is 5.02 Å². The summed E-state index contributed by atoms with van der Waals surface area (Å²) in [6.45, 7) is 6.09. The van der Waals surface area contributed by atoms with Gasteiger partial charge in [-0.2, -0.15) is 0 Å². The monoisotopic (exact) mass is 248 g/mol.